The van der Waals surface area contributed by atoms with Crippen molar-refractivity contribution in [2.24, 2.45) is 23.7 Å². The topological polar surface area (TPSA) is 20.2 Å². The second-order valence-corrected chi connectivity index (χ2v) is 5.06. The molecule has 0 aromatic rings. The zero-order valence-electron chi connectivity index (χ0n) is 8.02. The highest BCUT2D eigenvalue weighted by atomic mass is 16.3. The highest BCUT2D eigenvalue weighted by molar-refractivity contribution is 5.09. The molecule has 72 valence electrons. The smallest absolute Gasteiger partial charge is 0.0579 e. The first-order chi connectivity index (χ1) is 6.36. The second-order valence-electron chi connectivity index (χ2n) is 5.06. The van der Waals surface area contributed by atoms with Crippen LogP contribution in [-0.2, 0) is 0 Å². The Kier molecular flexibility index (Phi) is 1.76. The maximum atomic E-state index is 10.0. The lowest BCUT2D eigenvalue weighted by atomic mass is 9.76. The van der Waals surface area contributed by atoms with E-state index < -0.39 is 0 Å². The van der Waals surface area contributed by atoms with E-state index in [1.54, 1.807) is 0 Å². The van der Waals surface area contributed by atoms with Gasteiger partial charge in [0.2, 0.25) is 0 Å². The van der Waals surface area contributed by atoms with Gasteiger partial charge in [0.1, 0.15) is 0 Å². The zero-order chi connectivity index (χ0) is 8.84. The first-order valence-corrected chi connectivity index (χ1v) is 5.71. The molecule has 2 bridgehead atoms. The summed E-state index contributed by atoms with van der Waals surface area (Å²) in [5, 5.41) is 10.0. The summed E-state index contributed by atoms with van der Waals surface area (Å²) in [6.07, 6.45) is 11.0. The SMILES string of the molecule is O[C@H]1CCC=C[C@H]2[C@@H]3CC[C@@H](C3)[C@H]21. The van der Waals surface area contributed by atoms with Gasteiger partial charge in [-0.25, -0.2) is 0 Å². The van der Waals surface area contributed by atoms with E-state index in [1.807, 2.05) is 0 Å². The molecule has 1 nitrogen and oxygen atoms in total. The van der Waals surface area contributed by atoms with Crippen LogP contribution >= 0.6 is 0 Å². The number of hydrogen-bond acceptors (Lipinski definition) is 1. The normalized spacial score (nSPS) is 53.5. The van der Waals surface area contributed by atoms with Crippen LogP contribution in [0.5, 0.6) is 0 Å². The molecule has 0 unspecified atom stereocenters. The van der Waals surface area contributed by atoms with Crippen molar-refractivity contribution in [1.82, 2.24) is 0 Å². The molecule has 2 fully saturated rings. The number of rotatable bonds is 0. The van der Waals surface area contributed by atoms with Crippen molar-refractivity contribution in [2.45, 2.75) is 38.2 Å². The highest BCUT2D eigenvalue weighted by Crippen LogP contribution is 2.55. The molecule has 1 N–H and O–H groups in total. The first kappa shape index (κ1) is 8.05. The molecule has 0 amide bonds. The van der Waals surface area contributed by atoms with Gasteiger partial charge < -0.3 is 5.11 Å². The summed E-state index contributed by atoms with van der Waals surface area (Å²) in [5.74, 6) is 3.13. The van der Waals surface area contributed by atoms with Gasteiger partial charge >= 0.3 is 0 Å². The van der Waals surface area contributed by atoms with Gasteiger partial charge in [-0.1, -0.05) is 12.2 Å². The minimum atomic E-state index is -0.00435. The van der Waals surface area contributed by atoms with Crippen LogP contribution in [0.25, 0.3) is 0 Å². The van der Waals surface area contributed by atoms with Crippen LogP contribution in [0.2, 0.25) is 0 Å². The maximum absolute atomic E-state index is 10.0. The lowest BCUT2D eigenvalue weighted by Crippen LogP contribution is -2.30. The molecule has 2 saturated carbocycles. The molecule has 0 radical (unpaired) electrons. The summed E-state index contributed by atoms with van der Waals surface area (Å²) >= 11 is 0. The van der Waals surface area contributed by atoms with E-state index in [4.69, 9.17) is 0 Å². The molecular weight excluding hydrogens is 160 g/mol. The van der Waals surface area contributed by atoms with E-state index in [1.165, 1.54) is 19.3 Å². The van der Waals surface area contributed by atoms with Crippen LogP contribution in [0.4, 0.5) is 0 Å². The Hall–Kier alpha value is -0.300. The van der Waals surface area contributed by atoms with Gasteiger partial charge in [0.05, 0.1) is 6.10 Å². The van der Waals surface area contributed by atoms with E-state index in [9.17, 15) is 5.11 Å². The fourth-order valence-electron chi connectivity index (χ4n) is 3.95. The zero-order valence-corrected chi connectivity index (χ0v) is 8.02. The number of allylic oxidation sites excluding steroid dienone is 2. The van der Waals surface area contributed by atoms with Crippen molar-refractivity contribution in [3.63, 3.8) is 0 Å². The number of aliphatic hydroxyl groups is 1. The third kappa shape index (κ3) is 1.10. The molecule has 5 atom stereocenters. The Morgan fingerprint density at radius 3 is 2.85 bits per heavy atom. The predicted molar refractivity (Wildman–Crippen MR) is 52.2 cm³/mol. The van der Waals surface area contributed by atoms with Crippen LogP contribution in [-0.4, -0.2) is 11.2 Å². The summed E-state index contributed by atoms with van der Waals surface area (Å²) in [6.45, 7) is 0. The average Bonchev–Trinajstić information content (AvgIpc) is 2.66. The van der Waals surface area contributed by atoms with Crippen molar-refractivity contribution >= 4 is 0 Å². The Balaban J connectivity index is 1.91. The molecule has 1 heteroatoms. The van der Waals surface area contributed by atoms with Crippen LogP contribution in [0, 0.1) is 23.7 Å². The second kappa shape index (κ2) is 2.84. The van der Waals surface area contributed by atoms with E-state index in [0.717, 1.165) is 30.6 Å². The van der Waals surface area contributed by atoms with Crippen molar-refractivity contribution in [2.75, 3.05) is 0 Å². The molecule has 0 heterocycles. The van der Waals surface area contributed by atoms with E-state index in [2.05, 4.69) is 12.2 Å². The van der Waals surface area contributed by atoms with Gasteiger partial charge in [0.15, 0.2) is 0 Å². The van der Waals surface area contributed by atoms with E-state index in [-0.39, 0.29) is 6.10 Å². The lowest BCUT2D eigenvalue weighted by molar-refractivity contribution is 0.0515. The van der Waals surface area contributed by atoms with E-state index in [0.29, 0.717) is 5.92 Å². The summed E-state index contributed by atoms with van der Waals surface area (Å²) in [4.78, 5) is 0. The molecule has 0 aromatic carbocycles. The third-order valence-corrected chi connectivity index (χ3v) is 4.48. The largest absolute Gasteiger partial charge is 0.393 e. The highest BCUT2D eigenvalue weighted by Gasteiger charge is 2.49. The first-order valence-electron chi connectivity index (χ1n) is 5.71. The van der Waals surface area contributed by atoms with Gasteiger partial charge in [0, 0.05) is 0 Å². The van der Waals surface area contributed by atoms with Crippen molar-refractivity contribution in [1.29, 1.82) is 0 Å². The maximum Gasteiger partial charge on any atom is 0.0579 e. The molecule has 3 aliphatic carbocycles. The number of hydrogen-bond donors (Lipinski definition) is 1. The summed E-state index contributed by atoms with van der Waals surface area (Å²) in [6, 6.07) is 0. The van der Waals surface area contributed by atoms with Gasteiger partial charge in [-0.15, -0.1) is 0 Å². The summed E-state index contributed by atoms with van der Waals surface area (Å²) in [7, 11) is 0. The Morgan fingerprint density at radius 1 is 1.08 bits per heavy atom. The Bertz CT molecular complexity index is 233. The van der Waals surface area contributed by atoms with Gasteiger partial charge in [-0.2, -0.15) is 0 Å². The minimum Gasteiger partial charge on any atom is -0.393 e. The van der Waals surface area contributed by atoms with Crippen LogP contribution < -0.4 is 0 Å². The van der Waals surface area contributed by atoms with Crippen LogP contribution in [0.3, 0.4) is 0 Å². The molecule has 3 rings (SSSR count). The monoisotopic (exact) mass is 178 g/mol. The number of aliphatic hydroxyl groups excluding tert-OH is 1. The quantitative estimate of drug-likeness (QED) is 0.565. The van der Waals surface area contributed by atoms with Gasteiger partial charge in [-0.3, -0.25) is 0 Å². The summed E-state index contributed by atoms with van der Waals surface area (Å²) < 4.78 is 0. The molecule has 0 aliphatic heterocycles. The average molecular weight is 178 g/mol. The molecule has 3 aliphatic rings. The molecule has 0 spiro atoms. The fraction of sp³-hybridized carbons (Fsp3) is 0.833. The minimum absolute atomic E-state index is 0.00435. The van der Waals surface area contributed by atoms with Crippen molar-refractivity contribution in [3.8, 4) is 0 Å². The Labute approximate surface area is 79.8 Å². The van der Waals surface area contributed by atoms with Crippen LogP contribution in [0.1, 0.15) is 32.1 Å². The van der Waals surface area contributed by atoms with Gasteiger partial charge in [-0.05, 0) is 55.8 Å². The van der Waals surface area contributed by atoms with Crippen molar-refractivity contribution < 1.29 is 5.11 Å². The fourth-order valence-corrected chi connectivity index (χ4v) is 3.95. The molecule has 0 saturated heterocycles. The third-order valence-electron chi connectivity index (χ3n) is 4.48. The van der Waals surface area contributed by atoms with Gasteiger partial charge in [0.25, 0.3) is 0 Å². The molecular formula is C12H18O. The lowest BCUT2D eigenvalue weighted by Gasteiger charge is -2.31. The molecule has 13 heavy (non-hydrogen) atoms. The van der Waals surface area contributed by atoms with E-state index >= 15 is 0 Å². The number of fused-ring (bicyclic) bond motifs is 5. The summed E-state index contributed by atoms with van der Waals surface area (Å²) in [5.41, 5.74) is 0. The standard InChI is InChI=1S/C12H18O/c13-11-4-2-1-3-10-8-5-6-9(7-8)12(10)11/h1,3,8-13H,2,4-7H2/t8-,9+,10+,11+,12-/m1/s1. The predicted octanol–water partition coefficient (Wildman–Crippen LogP) is 2.36. The van der Waals surface area contributed by atoms with Crippen molar-refractivity contribution in [3.05, 3.63) is 12.2 Å². The molecule has 0 aromatic heterocycles. The Morgan fingerprint density at radius 2 is 1.92 bits per heavy atom. The van der Waals surface area contributed by atoms with Crippen LogP contribution in [0.15, 0.2) is 12.2 Å².